The van der Waals surface area contributed by atoms with Gasteiger partial charge in [-0.15, -0.1) is 11.3 Å². The molecule has 0 aliphatic heterocycles. The zero-order valence-electron chi connectivity index (χ0n) is 11.6. The molecule has 1 aromatic heterocycles. The van der Waals surface area contributed by atoms with Crippen molar-refractivity contribution in [1.29, 1.82) is 0 Å². The van der Waals surface area contributed by atoms with Crippen LogP contribution in [0.3, 0.4) is 0 Å². The highest BCUT2D eigenvalue weighted by Gasteiger charge is 2.33. The maximum absolute atomic E-state index is 3.80. The quantitative estimate of drug-likeness (QED) is 0.583. The standard InChI is InChI=1S/C18H16BrNS/c19-15-9-10-16(14-5-2-1-4-13(14)15)20-18(12-7-8-12)17-6-3-11-21-17/h1-6,9-12,18,20H,7-8H2. The van der Waals surface area contributed by atoms with Crippen molar-refractivity contribution in [3.8, 4) is 0 Å². The number of halogens is 1. The van der Waals surface area contributed by atoms with Crippen LogP contribution in [-0.4, -0.2) is 0 Å². The van der Waals surface area contributed by atoms with Gasteiger partial charge in [-0.1, -0.05) is 46.3 Å². The maximum atomic E-state index is 3.80. The summed E-state index contributed by atoms with van der Waals surface area (Å²) >= 11 is 5.51. The molecule has 4 rings (SSSR count). The molecule has 106 valence electrons. The molecule has 1 N–H and O–H groups in total. The molecule has 1 heterocycles. The Morgan fingerprint density at radius 3 is 2.52 bits per heavy atom. The van der Waals surface area contributed by atoms with E-state index >= 15 is 0 Å². The van der Waals surface area contributed by atoms with E-state index in [0.29, 0.717) is 6.04 Å². The van der Waals surface area contributed by atoms with Crippen molar-refractivity contribution in [2.45, 2.75) is 18.9 Å². The lowest BCUT2D eigenvalue weighted by molar-refractivity contribution is 0.692. The molecule has 0 spiro atoms. The molecule has 3 heteroatoms. The van der Waals surface area contributed by atoms with Gasteiger partial charge in [0.15, 0.2) is 0 Å². The molecule has 0 bridgehead atoms. The number of anilines is 1. The van der Waals surface area contributed by atoms with Gasteiger partial charge in [-0.25, -0.2) is 0 Å². The Hall–Kier alpha value is -1.32. The lowest BCUT2D eigenvalue weighted by Crippen LogP contribution is -2.11. The average molecular weight is 358 g/mol. The summed E-state index contributed by atoms with van der Waals surface area (Å²) in [7, 11) is 0. The predicted molar refractivity (Wildman–Crippen MR) is 95.1 cm³/mol. The smallest absolute Gasteiger partial charge is 0.0634 e. The molecule has 0 amide bonds. The number of nitrogens with one attached hydrogen (secondary N) is 1. The van der Waals surface area contributed by atoms with Gasteiger partial charge in [-0.05, 0) is 47.7 Å². The van der Waals surface area contributed by atoms with Crippen molar-refractivity contribution < 1.29 is 0 Å². The molecular weight excluding hydrogens is 342 g/mol. The first-order valence-corrected chi connectivity index (χ1v) is 8.97. The fourth-order valence-electron chi connectivity index (χ4n) is 2.87. The Morgan fingerprint density at radius 1 is 1.00 bits per heavy atom. The number of hydrogen-bond acceptors (Lipinski definition) is 2. The average Bonchev–Trinajstić information content (AvgIpc) is 3.21. The molecule has 0 radical (unpaired) electrons. The van der Waals surface area contributed by atoms with Crippen LogP contribution in [0.5, 0.6) is 0 Å². The predicted octanol–water partition coefficient (Wildman–Crippen LogP) is 6.23. The molecule has 1 aliphatic rings. The molecule has 1 nitrogen and oxygen atoms in total. The molecule has 2 aromatic carbocycles. The highest BCUT2D eigenvalue weighted by Crippen LogP contribution is 2.45. The van der Waals surface area contributed by atoms with E-state index in [1.165, 1.54) is 34.2 Å². The first kappa shape index (κ1) is 13.4. The molecule has 1 atom stereocenters. The summed E-state index contributed by atoms with van der Waals surface area (Å²) < 4.78 is 1.16. The van der Waals surface area contributed by atoms with Gasteiger partial charge < -0.3 is 5.32 Å². The van der Waals surface area contributed by atoms with Crippen molar-refractivity contribution >= 4 is 43.7 Å². The Kier molecular flexibility index (Phi) is 3.48. The van der Waals surface area contributed by atoms with Crippen molar-refractivity contribution in [2.75, 3.05) is 5.32 Å². The zero-order chi connectivity index (χ0) is 14.2. The van der Waals surface area contributed by atoms with E-state index in [-0.39, 0.29) is 0 Å². The lowest BCUT2D eigenvalue weighted by atomic mass is 10.1. The largest absolute Gasteiger partial charge is 0.377 e. The summed E-state index contributed by atoms with van der Waals surface area (Å²) in [6, 6.07) is 17.8. The summed E-state index contributed by atoms with van der Waals surface area (Å²) in [6.45, 7) is 0. The van der Waals surface area contributed by atoms with Crippen LogP contribution in [0.1, 0.15) is 23.8 Å². The van der Waals surface area contributed by atoms with Gasteiger partial charge in [0.2, 0.25) is 0 Å². The highest BCUT2D eigenvalue weighted by atomic mass is 79.9. The molecule has 21 heavy (non-hydrogen) atoms. The van der Waals surface area contributed by atoms with E-state index in [1.54, 1.807) is 0 Å². The Labute approximate surface area is 137 Å². The third kappa shape index (κ3) is 2.60. The second kappa shape index (κ2) is 5.47. The fraction of sp³-hybridized carbons (Fsp3) is 0.222. The van der Waals surface area contributed by atoms with Gasteiger partial charge in [0.05, 0.1) is 6.04 Å². The van der Waals surface area contributed by atoms with E-state index in [2.05, 4.69) is 75.2 Å². The second-order valence-electron chi connectivity index (χ2n) is 5.62. The molecule has 1 saturated carbocycles. The molecular formula is C18H16BrNS. The summed E-state index contributed by atoms with van der Waals surface area (Å²) in [6.07, 6.45) is 2.67. The summed E-state index contributed by atoms with van der Waals surface area (Å²) in [5.74, 6) is 0.783. The Bertz CT molecular complexity index is 762. The monoisotopic (exact) mass is 357 g/mol. The van der Waals surface area contributed by atoms with Crippen molar-refractivity contribution in [2.24, 2.45) is 5.92 Å². The van der Waals surface area contributed by atoms with Crippen LogP contribution in [-0.2, 0) is 0 Å². The third-order valence-electron chi connectivity index (χ3n) is 4.12. The molecule has 1 fully saturated rings. The minimum Gasteiger partial charge on any atom is -0.377 e. The van der Waals surface area contributed by atoms with Crippen LogP contribution >= 0.6 is 27.3 Å². The highest BCUT2D eigenvalue weighted by molar-refractivity contribution is 9.10. The van der Waals surface area contributed by atoms with Crippen molar-refractivity contribution in [3.63, 3.8) is 0 Å². The van der Waals surface area contributed by atoms with Crippen molar-refractivity contribution in [1.82, 2.24) is 0 Å². The SMILES string of the molecule is Brc1ccc(NC(c2cccs2)C2CC2)c2ccccc12. The summed E-state index contributed by atoms with van der Waals surface area (Å²) in [5.41, 5.74) is 1.24. The number of thiophene rings is 1. The van der Waals surface area contributed by atoms with E-state index in [0.717, 1.165) is 10.4 Å². The zero-order valence-corrected chi connectivity index (χ0v) is 14.0. The topological polar surface area (TPSA) is 12.0 Å². The Balaban J connectivity index is 1.75. The van der Waals surface area contributed by atoms with E-state index < -0.39 is 0 Å². The van der Waals surface area contributed by atoms with E-state index in [4.69, 9.17) is 0 Å². The fourth-order valence-corrected chi connectivity index (χ4v) is 4.22. The van der Waals surface area contributed by atoms with Gasteiger partial charge >= 0.3 is 0 Å². The van der Waals surface area contributed by atoms with Gasteiger partial charge in [0.25, 0.3) is 0 Å². The first-order valence-electron chi connectivity index (χ1n) is 7.30. The number of rotatable bonds is 4. The molecule has 1 aliphatic carbocycles. The van der Waals surface area contributed by atoms with E-state index in [9.17, 15) is 0 Å². The number of hydrogen-bond donors (Lipinski definition) is 1. The number of fused-ring (bicyclic) bond motifs is 1. The molecule has 0 saturated heterocycles. The lowest BCUT2D eigenvalue weighted by Gasteiger charge is -2.20. The van der Waals surface area contributed by atoms with Gasteiger partial charge in [-0.2, -0.15) is 0 Å². The summed E-state index contributed by atoms with van der Waals surface area (Å²) in [4.78, 5) is 1.45. The van der Waals surface area contributed by atoms with Gasteiger partial charge in [0.1, 0.15) is 0 Å². The molecule has 3 aromatic rings. The second-order valence-corrected chi connectivity index (χ2v) is 7.45. The number of benzene rings is 2. The minimum atomic E-state index is 0.453. The van der Waals surface area contributed by atoms with Crippen molar-refractivity contribution in [3.05, 3.63) is 63.3 Å². The van der Waals surface area contributed by atoms with Crippen LogP contribution in [0.15, 0.2) is 58.4 Å². The van der Waals surface area contributed by atoms with Crippen LogP contribution < -0.4 is 5.32 Å². The molecule has 1 unspecified atom stereocenters. The van der Waals surface area contributed by atoms with Gasteiger partial charge in [-0.3, -0.25) is 0 Å². The van der Waals surface area contributed by atoms with Crippen LogP contribution in [0, 0.1) is 5.92 Å². The first-order chi connectivity index (χ1) is 10.3. The van der Waals surface area contributed by atoms with E-state index in [1.807, 2.05) is 11.3 Å². The van der Waals surface area contributed by atoms with Crippen LogP contribution in [0.2, 0.25) is 0 Å². The normalized spacial score (nSPS) is 16.0. The van der Waals surface area contributed by atoms with Crippen LogP contribution in [0.4, 0.5) is 5.69 Å². The van der Waals surface area contributed by atoms with Crippen LogP contribution in [0.25, 0.3) is 10.8 Å². The van der Waals surface area contributed by atoms with Gasteiger partial charge in [0, 0.05) is 20.4 Å². The maximum Gasteiger partial charge on any atom is 0.0634 e. The Morgan fingerprint density at radius 2 is 1.81 bits per heavy atom. The third-order valence-corrected chi connectivity index (χ3v) is 5.77. The summed E-state index contributed by atoms with van der Waals surface area (Å²) in [5, 5.41) is 8.53. The minimum absolute atomic E-state index is 0.453.